The molecule has 2 heterocycles. The fourth-order valence-electron chi connectivity index (χ4n) is 5.15. The summed E-state index contributed by atoms with van der Waals surface area (Å²) in [6, 6.07) is 11.0. The van der Waals surface area contributed by atoms with Gasteiger partial charge in [0.1, 0.15) is 12.2 Å². The first-order chi connectivity index (χ1) is 21.2. The summed E-state index contributed by atoms with van der Waals surface area (Å²) in [4.78, 5) is 51.3. The Morgan fingerprint density at radius 2 is 1.89 bits per heavy atom. The molecule has 0 radical (unpaired) electrons. The molecular formula is C29H40N4O9P2S. The van der Waals surface area contributed by atoms with Crippen LogP contribution < -0.4 is 11.2 Å². The van der Waals surface area contributed by atoms with Crippen LogP contribution in [0.4, 0.5) is 0 Å². The number of thioether (sulfide) groups is 1. The van der Waals surface area contributed by atoms with Crippen molar-refractivity contribution in [3.05, 3.63) is 80.9 Å². The van der Waals surface area contributed by atoms with E-state index in [-0.39, 0.29) is 18.0 Å². The molecule has 3 rings (SSSR count). The fourth-order valence-corrected chi connectivity index (χ4v) is 8.44. The normalized spacial score (nSPS) is 21.4. The molecule has 0 amide bonds. The Hall–Kier alpha value is -2.43. The van der Waals surface area contributed by atoms with Crippen molar-refractivity contribution in [2.24, 2.45) is 0 Å². The maximum atomic E-state index is 13.7. The van der Waals surface area contributed by atoms with E-state index in [1.807, 2.05) is 27.7 Å². The minimum absolute atomic E-state index is 0.152. The van der Waals surface area contributed by atoms with Crippen LogP contribution in [-0.4, -0.2) is 74.1 Å². The molecule has 13 nitrogen and oxygen atoms in total. The number of carbonyl (C=O) groups excluding carboxylic acids is 1. The van der Waals surface area contributed by atoms with Crippen LogP contribution in [0.25, 0.3) is 0 Å². The third kappa shape index (κ3) is 8.49. The highest BCUT2D eigenvalue weighted by Crippen LogP contribution is 2.52. The maximum absolute atomic E-state index is 13.7. The number of carbonyl (C=O) groups is 1. The first-order valence-electron chi connectivity index (χ1n) is 14.1. The van der Waals surface area contributed by atoms with Gasteiger partial charge in [-0.25, -0.2) is 9.46 Å². The van der Waals surface area contributed by atoms with Crippen LogP contribution in [0.5, 0.6) is 0 Å². The molecule has 246 valence electrons. The van der Waals surface area contributed by atoms with Crippen LogP contribution in [-0.2, 0) is 22.9 Å². The fraction of sp³-hybridized carbons (Fsp3) is 0.517. The number of rotatable bonds is 14. The summed E-state index contributed by atoms with van der Waals surface area (Å²) in [6.07, 6.45) is 2.24. The van der Waals surface area contributed by atoms with Crippen LogP contribution in [0.1, 0.15) is 57.1 Å². The molecule has 0 spiro atoms. The van der Waals surface area contributed by atoms with E-state index in [0.717, 1.165) is 10.6 Å². The number of hydrogen-bond acceptors (Lipinski definition) is 12. The van der Waals surface area contributed by atoms with Gasteiger partial charge in [-0.2, -0.15) is 21.6 Å². The zero-order chi connectivity index (χ0) is 33.5. The van der Waals surface area contributed by atoms with Crippen LogP contribution in [0.15, 0.2) is 64.1 Å². The monoisotopic (exact) mass is 682 g/mol. The molecule has 45 heavy (non-hydrogen) atoms. The van der Waals surface area contributed by atoms with Gasteiger partial charge in [-0.1, -0.05) is 18.2 Å². The van der Waals surface area contributed by atoms with Gasteiger partial charge in [-0.15, -0.1) is 0 Å². The van der Waals surface area contributed by atoms with Crippen LogP contribution in [0, 0.1) is 11.3 Å². The zero-order valence-electron chi connectivity index (χ0n) is 26.3. The molecule has 1 fully saturated rings. The Morgan fingerprint density at radius 1 is 1.24 bits per heavy atom. The van der Waals surface area contributed by atoms with Crippen LogP contribution in [0.3, 0.4) is 0 Å². The second-order valence-electron chi connectivity index (χ2n) is 11.0. The van der Waals surface area contributed by atoms with Crippen molar-refractivity contribution in [1.29, 1.82) is 5.26 Å². The van der Waals surface area contributed by atoms with Crippen molar-refractivity contribution in [2.45, 2.75) is 75.8 Å². The molecule has 16 heteroatoms. The minimum atomic E-state index is -3.64. The van der Waals surface area contributed by atoms with E-state index < -0.39 is 62.5 Å². The van der Waals surface area contributed by atoms with Crippen molar-refractivity contribution in [2.75, 3.05) is 20.5 Å². The summed E-state index contributed by atoms with van der Waals surface area (Å²) in [6.45, 7) is 7.63. The second kappa shape index (κ2) is 15.9. The highest BCUT2D eigenvalue weighted by molar-refractivity contribution is 7.99. The minimum Gasteiger partial charge on any atom is -0.346 e. The second-order valence-corrected chi connectivity index (χ2v) is 15.3. The van der Waals surface area contributed by atoms with Crippen molar-refractivity contribution >= 4 is 33.8 Å². The molecule has 1 N–H and O–H groups in total. The van der Waals surface area contributed by atoms with Crippen molar-refractivity contribution in [1.82, 2.24) is 13.8 Å². The lowest BCUT2D eigenvalue weighted by molar-refractivity contribution is 0.00574. The molecule has 0 saturated carbocycles. The smallest absolute Gasteiger partial charge is 0.346 e. The molecule has 0 aliphatic carbocycles. The van der Waals surface area contributed by atoms with Gasteiger partial charge in [0.2, 0.25) is 0 Å². The van der Waals surface area contributed by atoms with Gasteiger partial charge in [0.15, 0.2) is 6.23 Å². The molecule has 1 aromatic carbocycles. The molecule has 0 bridgehead atoms. The van der Waals surface area contributed by atoms with Crippen molar-refractivity contribution < 1.29 is 32.6 Å². The Bertz CT molecular complexity index is 1550. The van der Waals surface area contributed by atoms with E-state index in [2.05, 4.69) is 6.07 Å². The van der Waals surface area contributed by atoms with Gasteiger partial charge in [0.05, 0.1) is 11.3 Å². The zero-order valence-corrected chi connectivity index (χ0v) is 28.9. The van der Waals surface area contributed by atoms with Crippen LogP contribution in [0.2, 0.25) is 0 Å². The van der Waals surface area contributed by atoms with E-state index >= 15 is 0 Å². The Labute approximate surface area is 268 Å². The third-order valence-electron chi connectivity index (χ3n) is 7.33. The summed E-state index contributed by atoms with van der Waals surface area (Å²) in [5.41, 5.74) is -2.19. The van der Waals surface area contributed by atoms with Crippen LogP contribution >= 0.6 is 27.9 Å². The number of aromatic nitrogens is 2. The van der Waals surface area contributed by atoms with E-state index in [4.69, 9.17) is 18.3 Å². The van der Waals surface area contributed by atoms with E-state index in [9.17, 15) is 29.1 Å². The SMILES string of the molecule is COP(=O)(/C=C/[C@H]1O[C@@H](n2ccc(=O)n(C(=O)c3ccccc3)c2=O)[C@H](SC)[C@@H]1OP(O)N(C(C)C)C(C)(C)CCC#N)OC. The average Bonchev–Trinajstić information content (AvgIpc) is 3.35. The first kappa shape index (κ1) is 37.0. The lowest BCUT2D eigenvalue weighted by Gasteiger charge is -2.43. The summed E-state index contributed by atoms with van der Waals surface area (Å²) >= 11 is 1.29. The number of nitrogens with zero attached hydrogens (tertiary/aromatic N) is 4. The molecule has 1 saturated heterocycles. The predicted octanol–water partition coefficient (Wildman–Crippen LogP) is 4.72. The summed E-state index contributed by atoms with van der Waals surface area (Å²) < 4.78 is 39.1. The van der Waals surface area contributed by atoms with Crippen molar-refractivity contribution in [3.8, 4) is 6.07 Å². The van der Waals surface area contributed by atoms with Gasteiger partial charge in [-0.05, 0) is 58.6 Å². The predicted molar refractivity (Wildman–Crippen MR) is 173 cm³/mol. The number of hydrogen-bond donors (Lipinski definition) is 1. The number of ether oxygens (including phenoxy) is 1. The largest absolute Gasteiger partial charge is 0.353 e. The molecule has 1 aliphatic heterocycles. The van der Waals surface area contributed by atoms with Gasteiger partial charge in [-0.3, -0.25) is 18.7 Å². The Balaban J connectivity index is 2.10. The molecule has 2 aromatic rings. The molecule has 5 atom stereocenters. The summed E-state index contributed by atoms with van der Waals surface area (Å²) in [5.74, 6) is 0.419. The average molecular weight is 683 g/mol. The highest BCUT2D eigenvalue weighted by Gasteiger charge is 2.49. The third-order valence-corrected chi connectivity index (χ3v) is 11.7. The lowest BCUT2D eigenvalue weighted by Crippen LogP contribution is -2.46. The quantitative estimate of drug-likeness (QED) is 0.273. The lowest BCUT2D eigenvalue weighted by atomic mass is 9.98. The molecular weight excluding hydrogens is 642 g/mol. The van der Waals surface area contributed by atoms with Gasteiger partial charge in [0.25, 0.3) is 20.0 Å². The highest BCUT2D eigenvalue weighted by atomic mass is 32.2. The maximum Gasteiger partial charge on any atom is 0.353 e. The van der Waals surface area contributed by atoms with E-state index in [1.165, 1.54) is 56.2 Å². The van der Waals surface area contributed by atoms with Crippen molar-refractivity contribution in [3.63, 3.8) is 0 Å². The van der Waals surface area contributed by atoms with Gasteiger partial charge < -0.3 is 23.2 Å². The van der Waals surface area contributed by atoms with Gasteiger partial charge >= 0.3 is 13.3 Å². The number of nitriles is 1. The first-order valence-corrected chi connectivity index (χ1v) is 18.2. The molecule has 1 aromatic heterocycles. The standard InChI is InChI=1S/C29H40N4O9P2S/c1-20(2)33(29(3,4)16-11-17-30)43(37)42-24-22(15-19-44(38,39-5)40-6)41-27(25(24)45-7)31-18-14-23(34)32(28(31)36)26(35)21-12-9-8-10-13-21/h8-10,12-15,18-20,22,24-25,27,37H,11,16H2,1-7H3/b19-15+/t22-,24-,25-,27-,43?/m1/s1. The summed E-state index contributed by atoms with van der Waals surface area (Å²) in [7, 11) is -3.46. The summed E-state index contributed by atoms with van der Waals surface area (Å²) in [5, 5.41) is 8.52. The molecule has 1 unspecified atom stereocenters. The molecule has 1 aliphatic rings. The van der Waals surface area contributed by atoms with E-state index in [1.54, 1.807) is 29.1 Å². The number of benzene rings is 1. The Morgan fingerprint density at radius 3 is 2.44 bits per heavy atom. The van der Waals surface area contributed by atoms with Gasteiger partial charge in [0, 0.05) is 55.9 Å². The topological polar surface area (TPSA) is 162 Å². The van der Waals surface area contributed by atoms with E-state index in [0.29, 0.717) is 11.0 Å². The Kier molecular flexibility index (Phi) is 13.1.